The number of urea groups is 1. The maximum absolute atomic E-state index is 12.2. The van der Waals surface area contributed by atoms with Gasteiger partial charge < -0.3 is 20.1 Å². The summed E-state index contributed by atoms with van der Waals surface area (Å²) in [7, 11) is 0. The maximum atomic E-state index is 12.2. The summed E-state index contributed by atoms with van der Waals surface area (Å²) in [6, 6.07) is 0.941. The summed E-state index contributed by atoms with van der Waals surface area (Å²) < 4.78 is 10.3. The summed E-state index contributed by atoms with van der Waals surface area (Å²) in [5.74, 6) is -0.953. The molecule has 8 heteroatoms. The fraction of sp³-hybridized carbons (Fsp3) is 0.438. The number of hydrogen-bond acceptors (Lipinski definition) is 6. The minimum absolute atomic E-state index is 0.148. The Morgan fingerprint density at radius 3 is 2.71 bits per heavy atom. The lowest BCUT2D eigenvalue weighted by Gasteiger charge is -2.28. The van der Waals surface area contributed by atoms with Gasteiger partial charge in [0.15, 0.2) is 0 Å². The highest BCUT2D eigenvalue weighted by atomic mass is 32.1. The zero-order valence-electron chi connectivity index (χ0n) is 13.6. The van der Waals surface area contributed by atoms with Gasteiger partial charge in [0.2, 0.25) is 0 Å². The van der Waals surface area contributed by atoms with Gasteiger partial charge >= 0.3 is 18.0 Å². The minimum Gasteiger partial charge on any atom is -0.463 e. The molecule has 24 heavy (non-hydrogen) atoms. The van der Waals surface area contributed by atoms with Gasteiger partial charge in [0.05, 0.1) is 30.3 Å². The molecule has 0 saturated heterocycles. The number of ether oxygens (including phenoxy) is 2. The molecule has 0 saturated carbocycles. The van der Waals surface area contributed by atoms with Gasteiger partial charge in [-0.25, -0.2) is 9.59 Å². The number of carbonyl (C=O) groups excluding carboxylic acids is 3. The number of hydrogen-bond donors (Lipinski definition) is 2. The van der Waals surface area contributed by atoms with Crippen molar-refractivity contribution in [3.05, 3.63) is 33.7 Å². The largest absolute Gasteiger partial charge is 0.463 e. The molecule has 2 N–H and O–H groups in total. The highest BCUT2D eigenvalue weighted by Crippen LogP contribution is 2.17. The smallest absolute Gasteiger partial charge is 0.338 e. The van der Waals surface area contributed by atoms with E-state index in [1.165, 1.54) is 11.3 Å². The predicted octanol–water partition coefficient (Wildman–Crippen LogP) is 1.74. The molecule has 1 aliphatic rings. The molecule has 2 amide bonds. The maximum Gasteiger partial charge on any atom is 0.338 e. The number of carbonyl (C=O) groups is 3. The number of nitrogens with one attached hydrogen (secondary N) is 2. The molecular formula is C16H20N2O5S. The van der Waals surface area contributed by atoms with Gasteiger partial charge in [-0.2, -0.15) is 11.3 Å². The normalized spacial score (nSPS) is 17.1. The van der Waals surface area contributed by atoms with E-state index in [0.717, 1.165) is 5.56 Å². The van der Waals surface area contributed by atoms with E-state index in [0.29, 0.717) is 12.0 Å². The molecule has 2 heterocycles. The van der Waals surface area contributed by atoms with Crippen molar-refractivity contribution in [3.8, 4) is 0 Å². The van der Waals surface area contributed by atoms with Crippen molar-refractivity contribution in [2.45, 2.75) is 32.7 Å². The van der Waals surface area contributed by atoms with Crippen LogP contribution in [-0.4, -0.2) is 37.2 Å². The molecule has 0 unspecified atom stereocenters. The van der Waals surface area contributed by atoms with Crippen molar-refractivity contribution < 1.29 is 23.9 Å². The molecule has 1 atom stereocenters. The summed E-state index contributed by atoms with van der Waals surface area (Å²) in [6.07, 6.45) is 0.669. The second-order valence-electron chi connectivity index (χ2n) is 5.14. The zero-order valence-corrected chi connectivity index (χ0v) is 14.4. The van der Waals surface area contributed by atoms with Crippen LogP contribution >= 0.6 is 11.3 Å². The Labute approximate surface area is 144 Å². The van der Waals surface area contributed by atoms with E-state index in [4.69, 9.17) is 9.47 Å². The van der Waals surface area contributed by atoms with Crippen molar-refractivity contribution in [2.75, 3.05) is 13.2 Å². The molecular weight excluding hydrogens is 332 g/mol. The molecule has 0 fully saturated rings. The number of esters is 2. The number of thiophene rings is 1. The quantitative estimate of drug-likeness (QED) is 0.729. The molecule has 2 rings (SSSR count). The molecule has 7 nitrogen and oxygen atoms in total. The van der Waals surface area contributed by atoms with Gasteiger partial charge in [0, 0.05) is 0 Å². The van der Waals surface area contributed by atoms with E-state index >= 15 is 0 Å². The van der Waals surface area contributed by atoms with Crippen LogP contribution < -0.4 is 10.6 Å². The second kappa shape index (κ2) is 8.49. The molecule has 130 valence electrons. The first kappa shape index (κ1) is 18.0. The summed E-state index contributed by atoms with van der Waals surface area (Å²) in [4.78, 5) is 35.8. The first-order valence-corrected chi connectivity index (χ1v) is 8.63. The highest BCUT2D eigenvalue weighted by molar-refractivity contribution is 7.07. The summed E-state index contributed by atoms with van der Waals surface area (Å²) in [5.41, 5.74) is 1.43. The predicted molar refractivity (Wildman–Crippen MR) is 88.4 cm³/mol. The standard InChI is InChI=1S/C16H20N2O5S/c1-3-11-14(15(20)22-4-2)12(18-16(21)17-11)8-23-13(19)7-10-5-6-24-9-10/h5-6,9,11H,3-4,7-8H2,1-2H3,(H2,17,18,21)/t11-/m0/s1. The topological polar surface area (TPSA) is 93.7 Å². The summed E-state index contributed by atoms with van der Waals surface area (Å²) in [5, 5.41) is 8.94. The average Bonchev–Trinajstić information content (AvgIpc) is 3.05. The molecule has 1 aromatic heterocycles. The van der Waals surface area contributed by atoms with E-state index in [-0.39, 0.29) is 25.3 Å². The van der Waals surface area contributed by atoms with Crippen molar-refractivity contribution in [3.63, 3.8) is 0 Å². The van der Waals surface area contributed by atoms with Gasteiger partial charge in [0.1, 0.15) is 6.61 Å². The average molecular weight is 352 g/mol. The third-order valence-corrected chi connectivity index (χ3v) is 4.19. The van der Waals surface area contributed by atoms with E-state index in [1.807, 2.05) is 23.8 Å². The van der Waals surface area contributed by atoms with Crippen LogP contribution in [0.1, 0.15) is 25.8 Å². The van der Waals surface area contributed by atoms with Crippen LogP contribution in [0.3, 0.4) is 0 Å². The molecule has 0 aliphatic carbocycles. The van der Waals surface area contributed by atoms with Gasteiger partial charge in [-0.15, -0.1) is 0 Å². The summed E-state index contributed by atoms with van der Waals surface area (Å²) >= 11 is 1.50. The van der Waals surface area contributed by atoms with Crippen LogP contribution in [0.2, 0.25) is 0 Å². The van der Waals surface area contributed by atoms with Gasteiger partial charge in [-0.05, 0) is 35.7 Å². The minimum atomic E-state index is -0.527. The molecule has 1 aliphatic heterocycles. The van der Waals surface area contributed by atoms with Crippen LogP contribution in [0, 0.1) is 0 Å². The van der Waals surface area contributed by atoms with E-state index in [9.17, 15) is 14.4 Å². The van der Waals surface area contributed by atoms with E-state index < -0.39 is 24.0 Å². The number of amides is 2. The lowest BCUT2D eigenvalue weighted by atomic mass is 10.0. The third kappa shape index (κ3) is 4.58. The van der Waals surface area contributed by atoms with Crippen molar-refractivity contribution in [1.82, 2.24) is 10.6 Å². The van der Waals surface area contributed by atoms with E-state index in [1.54, 1.807) is 6.92 Å². The Kier molecular flexibility index (Phi) is 6.36. The lowest BCUT2D eigenvalue weighted by Crippen LogP contribution is -2.51. The molecule has 1 aromatic rings. The molecule has 0 spiro atoms. The van der Waals surface area contributed by atoms with Gasteiger partial charge in [-0.3, -0.25) is 4.79 Å². The van der Waals surface area contributed by atoms with Gasteiger partial charge in [-0.1, -0.05) is 6.92 Å². The Balaban J connectivity index is 2.10. The fourth-order valence-corrected chi connectivity index (χ4v) is 3.01. The fourth-order valence-electron chi connectivity index (χ4n) is 2.34. The number of rotatable bonds is 7. The van der Waals surface area contributed by atoms with Crippen molar-refractivity contribution >= 4 is 29.3 Å². The van der Waals surface area contributed by atoms with Crippen molar-refractivity contribution in [1.29, 1.82) is 0 Å². The Morgan fingerprint density at radius 1 is 1.29 bits per heavy atom. The second-order valence-corrected chi connectivity index (χ2v) is 5.92. The van der Waals surface area contributed by atoms with Gasteiger partial charge in [0.25, 0.3) is 0 Å². The molecule has 0 aromatic carbocycles. The Hall–Kier alpha value is -2.35. The molecule has 0 bridgehead atoms. The molecule has 0 radical (unpaired) electrons. The van der Waals surface area contributed by atoms with Crippen LogP contribution in [0.25, 0.3) is 0 Å². The van der Waals surface area contributed by atoms with Crippen LogP contribution in [-0.2, 0) is 25.5 Å². The monoisotopic (exact) mass is 352 g/mol. The Bertz CT molecular complexity index is 639. The van der Waals surface area contributed by atoms with Crippen LogP contribution in [0.5, 0.6) is 0 Å². The zero-order chi connectivity index (χ0) is 17.5. The highest BCUT2D eigenvalue weighted by Gasteiger charge is 2.31. The first-order valence-electron chi connectivity index (χ1n) is 7.69. The lowest BCUT2D eigenvalue weighted by molar-refractivity contribution is -0.143. The SMILES string of the molecule is CCOC(=O)C1=C(COC(=O)Cc2ccsc2)NC(=O)N[C@H]1CC. The summed E-state index contributed by atoms with van der Waals surface area (Å²) in [6.45, 7) is 3.59. The van der Waals surface area contributed by atoms with Crippen LogP contribution in [0.15, 0.2) is 28.1 Å². The third-order valence-electron chi connectivity index (χ3n) is 3.45. The first-order chi connectivity index (χ1) is 11.5. The van der Waals surface area contributed by atoms with Crippen molar-refractivity contribution in [2.24, 2.45) is 0 Å². The van der Waals surface area contributed by atoms with E-state index in [2.05, 4.69) is 10.6 Å². The Morgan fingerprint density at radius 2 is 2.08 bits per heavy atom. The van der Waals surface area contributed by atoms with Crippen LogP contribution in [0.4, 0.5) is 4.79 Å².